The zero-order valence-corrected chi connectivity index (χ0v) is 14.5. The van der Waals surface area contributed by atoms with E-state index in [2.05, 4.69) is 53.5 Å². The molecule has 4 rings (SSSR count). The molecule has 0 radical (unpaired) electrons. The van der Waals surface area contributed by atoms with Crippen molar-refractivity contribution in [2.24, 2.45) is 0 Å². The fraction of sp³-hybridized carbons (Fsp3) is 0.368. The van der Waals surface area contributed by atoms with E-state index in [1.54, 1.807) is 0 Å². The van der Waals surface area contributed by atoms with E-state index in [-0.39, 0.29) is 0 Å². The third kappa shape index (κ3) is 3.91. The predicted octanol–water partition coefficient (Wildman–Crippen LogP) is 2.32. The Morgan fingerprint density at radius 3 is 2.28 bits per heavy atom. The molecule has 1 saturated heterocycles. The van der Waals surface area contributed by atoms with E-state index in [0.717, 1.165) is 45.2 Å². The number of aryl methyl sites for hydroxylation is 1. The lowest BCUT2D eigenvalue weighted by atomic mass is 10.1. The molecule has 0 bridgehead atoms. The Labute approximate surface area is 147 Å². The van der Waals surface area contributed by atoms with Gasteiger partial charge in [-0.3, -0.25) is 9.36 Å². The lowest BCUT2D eigenvalue weighted by molar-refractivity contribution is 0.122. The first kappa shape index (κ1) is 15.9. The maximum atomic E-state index is 5.40. The maximum absolute atomic E-state index is 5.40. The minimum absolute atomic E-state index is 0.782. The van der Waals surface area contributed by atoms with Gasteiger partial charge in [-0.15, -0.1) is 0 Å². The molecular formula is C19H23N5O. The van der Waals surface area contributed by atoms with Gasteiger partial charge in [0.15, 0.2) is 5.82 Å². The molecular weight excluding hydrogens is 314 g/mol. The molecule has 0 saturated carbocycles. The quantitative estimate of drug-likeness (QED) is 0.717. The van der Waals surface area contributed by atoms with E-state index in [0.29, 0.717) is 0 Å². The van der Waals surface area contributed by atoms with E-state index in [1.807, 2.05) is 21.8 Å². The zero-order chi connectivity index (χ0) is 17.1. The smallest absolute Gasteiger partial charge is 0.150 e. The van der Waals surface area contributed by atoms with Crippen molar-refractivity contribution in [1.82, 2.24) is 19.6 Å². The monoisotopic (exact) mass is 337 g/mol. The molecule has 0 aliphatic carbocycles. The summed E-state index contributed by atoms with van der Waals surface area (Å²) in [5.74, 6) is 1.04. The number of hydrogen-bond acceptors (Lipinski definition) is 4. The molecule has 1 fully saturated rings. The van der Waals surface area contributed by atoms with E-state index in [4.69, 9.17) is 9.84 Å². The number of ether oxygens (including phenoxy) is 1. The van der Waals surface area contributed by atoms with Gasteiger partial charge in [0.2, 0.25) is 0 Å². The largest absolute Gasteiger partial charge is 0.378 e. The molecule has 0 atom stereocenters. The lowest BCUT2D eigenvalue weighted by Crippen LogP contribution is -2.36. The molecule has 1 aliphatic heterocycles. The second-order valence-electron chi connectivity index (χ2n) is 6.50. The summed E-state index contributed by atoms with van der Waals surface area (Å²) in [6.45, 7) is 7.04. The van der Waals surface area contributed by atoms with Gasteiger partial charge in [0, 0.05) is 31.5 Å². The first-order chi connectivity index (χ1) is 12.3. The zero-order valence-electron chi connectivity index (χ0n) is 14.5. The summed E-state index contributed by atoms with van der Waals surface area (Å²) < 4.78 is 9.36. The van der Waals surface area contributed by atoms with Crippen molar-refractivity contribution in [3.63, 3.8) is 0 Å². The van der Waals surface area contributed by atoms with Crippen molar-refractivity contribution >= 4 is 5.82 Å². The SMILES string of the molecule is Cc1cnn(Cc2ccc(Cn3ccc(N4CCOCC4)n3)cc2)c1. The number of hydrogen-bond donors (Lipinski definition) is 0. The topological polar surface area (TPSA) is 48.1 Å². The van der Waals surface area contributed by atoms with E-state index >= 15 is 0 Å². The summed E-state index contributed by atoms with van der Waals surface area (Å²) in [7, 11) is 0. The van der Waals surface area contributed by atoms with Crippen LogP contribution in [-0.2, 0) is 17.8 Å². The molecule has 130 valence electrons. The number of aromatic nitrogens is 4. The van der Waals surface area contributed by atoms with Crippen molar-refractivity contribution in [1.29, 1.82) is 0 Å². The van der Waals surface area contributed by atoms with Crippen LogP contribution in [0.5, 0.6) is 0 Å². The highest BCUT2D eigenvalue weighted by molar-refractivity contribution is 5.37. The predicted molar refractivity (Wildman–Crippen MR) is 96.9 cm³/mol. The molecule has 1 aliphatic rings. The Morgan fingerprint density at radius 1 is 0.960 bits per heavy atom. The summed E-state index contributed by atoms with van der Waals surface area (Å²) in [6, 6.07) is 10.8. The van der Waals surface area contributed by atoms with Gasteiger partial charge in [-0.25, -0.2) is 0 Å². The molecule has 0 N–H and O–H groups in total. The summed E-state index contributed by atoms with van der Waals surface area (Å²) in [5.41, 5.74) is 3.68. The van der Waals surface area contributed by atoms with Gasteiger partial charge in [0.05, 0.1) is 32.5 Å². The molecule has 25 heavy (non-hydrogen) atoms. The van der Waals surface area contributed by atoms with Crippen molar-refractivity contribution < 1.29 is 4.74 Å². The summed E-state index contributed by atoms with van der Waals surface area (Å²) in [4.78, 5) is 2.27. The normalized spacial score (nSPS) is 14.8. The number of benzene rings is 1. The van der Waals surface area contributed by atoms with Gasteiger partial charge >= 0.3 is 0 Å². The van der Waals surface area contributed by atoms with E-state index in [1.165, 1.54) is 16.7 Å². The van der Waals surface area contributed by atoms with E-state index in [9.17, 15) is 0 Å². The minimum Gasteiger partial charge on any atom is -0.378 e. The minimum atomic E-state index is 0.782. The fourth-order valence-corrected chi connectivity index (χ4v) is 3.08. The lowest BCUT2D eigenvalue weighted by Gasteiger charge is -2.26. The maximum Gasteiger partial charge on any atom is 0.150 e. The molecule has 3 aromatic rings. The van der Waals surface area contributed by atoms with Crippen LogP contribution in [0.25, 0.3) is 0 Å². The van der Waals surface area contributed by atoms with Gasteiger partial charge in [-0.05, 0) is 23.6 Å². The average molecular weight is 337 g/mol. The van der Waals surface area contributed by atoms with Crippen molar-refractivity contribution in [2.75, 3.05) is 31.2 Å². The molecule has 3 heterocycles. The average Bonchev–Trinajstić information content (AvgIpc) is 3.27. The number of morpholine rings is 1. The van der Waals surface area contributed by atoms with Gasteiger partial charge in [-0.1, -0.05) is 24.3 Å². The summed E-state index contributed by atoms with van der Waals surface area (Å²) >= 11 is 0. The third-order valence-electron chi connectivity index (χ3n) is 4.44. The Balaban J connectivity index is 1.38. The highest BCUT2D eigenvalue weighted by Gasteiger charge is 2.13. The highest BCUT2D eigenvalue weighted by atomic mass is 16.5. The van der Waals surface area contributed by atoms with Crippen LogP contribution in [0.2, 0.25) is 0 Å². The second kappa shape index (κ2) is 7.11. The Kier molecular flexibility index (Phi) is 4.52. The Morgan fingerprint density at radius 2 is 1.64 bits per heavy atom. The van der Waals surface area contributed by atoms with Crippen molar-refractivity contribution in [3.8, 4) is 0 Å². The first-order valence-electron chi connectivity index (χ1n) is 8.69. The molecule has 6 heteroatoms. The van der Waals surface area contributed by atoms with Crippen LogP contribution in [0.4, 0.5) is 5.82 Å². The number of nitrogens with zero attached hydrogens (tertiary/aromatic N) is 5. The molecule has 6 nitrogen and oxygen atoms in total. The number of anilines is 1. The van der Waals surface area contributed by atoms with Crippen LogP contribution in [-0.4, -0.2) is 45.9 Å². The standard InChI is InChI=1S/C19H23N5O/c1-16-12-20-24(13-16)15-18-4-2-17(3-5-18)14-23-7-6-19(21-23)22-8-10-25-11-9-22/h2-7,12-13H,8-11,14-15H2,1H3. The first-order valence-corrected chi connectivity index (χ1v) is 8.69. The third-order valence-corrected chi connectivity index (χ3v) is 4.44. The Bertz CT molecular complexity index is 814. The van der Waals surface area contributed by atoms with Crippen LogP contribution >= 0.6 is 0 Å². The molecule has 0 amide bonds. The van der Waals surface area contributed by atoms with Gasteiger partial charge in [-0.2, -0.15) is 10.2 Å². The van der Waals surface area contributed by atoms with Crippen LogP contribution < -0.4 is 4.90 Å². The molecule has 0 unspecified atom stereocenters. The number of rotatable bonds is 5. The second-order valence-corrected chi connectivity index (χ2v) is 6.50. The fourth-order valence-electron chi connectivity index (χ4n) is 3.08. The van der Waals surface area contributed by atoms with E-state index < -0.39 is 0 Å². The summed E-state index contributed by atoms with van der Waals surface area (Å²) in [6.07, 6.45) is 5.99. The van der Waals surface area contributed by atoms with Crippen LogP contribution in [0.3, 0.4) is 0 Å². The summed E-state index contributed by atoms with van der Waals surface area (Å²) in [5, 5.41) is 9.03. The van der Waals surface area contributed by atoms with Gasteiger partial charge in [0.1, 0.15) is 0 Å². The molecule has 1 aromatic carbocycles. The Hall–Kier alpha value is -2.60. The molecule has 2 aromatic heterocycles. The van der Waals surface area contributed by atoms with Crippen LogP contribution in [0.1, 0.15) is 16.7 Å². The van der Waals surface area contributed by atoms with Crippen LogP contribution in [0.15, 0.2) is 48.9 Å². The van der Waals surface area contributed by atoms with Gasteiger partial charge < -0.3 is 9.64 Å². The highest BCUT2D eigenvalue weighted by Crippen LogP contribution is 2.14. The van der Waals surface area contributed by atoms with Crippen LogP contribution in [0, 0.1) is 6.92 Å². The molecule has 0 spiro atoms. The van der Waals surface area contributed by atoms with Crippen molar-refractivity contribution in [2.45, 2.75) is 20.0 Å². The van der Waals surface area contributed by atoms with Gasteiger partial charge in [0.25, 0.3) is 0 Å². The van der Waals surface area contributed by atoms with Crippen molar-refractivity contribution in [3.05, 3.63) is 65.6 Å².